The van der Waals surface area contributed by atoms with E-state index >= 15 is 0 Å². The lowest BCUT2D eigenvalue weighted by Gasteiger charge is -2.20. The van der Waals surface area contributed by atoms with Gasteiger partial charge in [-0.25, -0.2) is 0 Å². The zero-order valence-corrected chi connectivity index (χ0v) is 20.8. The number of nitriles is 1. The Balaban J connectivity index is 1.31. The number of carbonyl (C=O) groups is 1. The second-order valence-electron chi connectivity index (χ2n) is 9.17. The molecule has 1 atom stereocenters. The summed E-state index contributed by atoms with van der Waals surface area (Å²) in [5, 5.41) is 22.8. The monoisotopic (exact) mass is 471 g/mol. The second-order valence-corrected chi connectivity index (χ2v) is 11.2. The standard InChI is InChI=1S/C24H33N5OS2/c1-3-16-9-11-18-19(14-25)23(32-20(18)13-16)26-22(30)15-31-24-28-27-21(29(24)2)12-10-17-7-5-4-6-8-17/h16-17H,3-13,15H2,1-2H3,(H,26,30). The topological polar surface area (TPSA) is 83.6 Å². The quantitative estimate of drug-likeness (QED) is 0.514. The molecule has 1 amide bonds. The van der Waals surface area contributed by atoms with Crippen molar-refractivity contribution in [3.8, 4) is 6.07 Å². The molecule has 2 aromatic rings. The molecule has 2 aliphatic carbocycles. The molecule has 0 aromatic carbocycles. The zero-order valence-electron chi connectivity index (χ0n) is 19.2. The summed E-state index contributed by atoms with van der Waals surface area (Å²) in [5.41, 5.74) is 1.82. The first-order valence-electron chi connectivity index (χ1n) is 11.9. The zero-order chi connectivity index (χ0) is 22.5. The number of thioether (sulfide) groups is 1. The van der Waals surface area contributed by atoms with E-state index in [1.165, 1.54) is 55.2 Å². The molecule has 1 saturated carbocycles. The average molecular weight is 472 g/mol. The molecule has 32 heavy (non-hydrogen) atoms. The van der Waals surface area contributed by atoms with Crippen LogP contribution in [0.3, 0.4) is 0 Å². The van der Waals surface area contributed by atoms with Gasteiger partial charge >= 0.3 is 0 Å². The summed E-state index contributed by atoms with van der Waals surface area (Å²) < 4.78 is 2.02. The number of aryl methyl sites for hydroxylation is 1. The molecule has 0 aliphatic heterocycles. The van der Waals surface area contributed by atoms with E-state index in [9.17, 15) is 10.1 Å². The molecule has 2 heterocycles. The lowest BCUT2D eigenvalue weighted by molar-refractivity contribution is -0.113. The van der Waals surface area contributed by atoms with E-state index in [0.717, 1.165) is 54.6 Å². The lowest BCUT2D eigenvalue weighted by Crippen LogP contribution is -2.15. The Morgan fingerprint density at radius 1 is 1.25 bits per heavy atom. The van der Waals surface area contributed by atoms with Crippen molar-refractivity contribution < 1.29 is 4.79 Å². The second kappa shape index (κ2) is 10.8. The fraction of sp³-hybridized carbons (Fsp3) is 0.667. The highest BCUT2D eigenvalue weighted by Gasteiger charge is 2.26. The maximum absolute atomic E-state index is 12.6. The first kappa shape index (κ1) is 23.3. The Hall–Kier alpha value is -1.85. The Bertz CT molecular complexity index is 983. The van der Waals surface area contributed by atoms with Gasteiger partial charge in [0.1, 0.15) is 16.9 Å². The molecule has 1 N–H and O–H groups in total. The highest BCUT2D eigenvalue weighted by atomic mass is 32.2. The van der Waals surface area contributed by atoms with Crippen molar-refractivity contribution in [1.29, 1.82) is 5.26 Å². The third-order valence-corrected chi connectivity index (χ3v) is 9.26. The number of nitrogens with zero attached hydrogens (tertiary/aromatic N) is 4. The van der Waals surface area contributed by atoms with E-state index in [1.807, 2.05) is 11.6 Å². The molecule has 2 aliphatic rings. The number of hydrogen-bond donors (Lipinski definition) is 1. The van der Waals surface area contributed by atoms with Crippen molar-refractivity contribution >= 4 is 34.0 Å². The van der Waals surface area contributed by atoms with Gasteiger partial charge in [-0.3, -0.25) is 4.79 Å². The first-order valence-corrected chi connectivity index (χ1v) is 13.7. The van der Waals surface area contributed by atoms with Crippen molar-refractivity contribution in [2.45, 2.75) is 82.7 Å². The number of carbonyl (C=O) groups excluding carboxylic acids is 1. The molecule has 0 bridgehead atoms. The molecule has 1 fully saturated rings. The largest absolute Gasteiger partial charge is 0.316 e. The minimum atomic E-state index is -0.0936. The summed E-state index contributed by atoms with van der Waals surface area (Å²) in [6.07, 6.45) is 13.2. The van der Waals surface area contributed by atoms with E-state index in [4.69, 9.17) is 0 Å². The Morgan fingerprint density at radius 3 is 2.81 bits per heavy atom. The van der Waals surface area contributed by atoms with Crippen LogP contribution in [-0.4, -0.2) is 26.4 Å². The molecule has 4 rings (SSSR count). The first-order chi connectivity index (χ1) is 15.6. The lowest BCUT2D eigenvalue weighted by atomic mass is 9.86. The molecular formula is C24H33N5OS2. The molecule has 8 heteroatoms. The number of aromatic nitrogens is 3. The van der Waals surface area contributed by atoms with Gasteiger partial charge in [-0.15, -0.1) is 21.5 Å². The molecule has 6 nitrogen and oxygen atoms in total. The van der Waals surface area contributed by atoms with E-state index < -0.39 is 0 Å². The summed E-state index contributed by atoms with van der Waals surface area (Å²) in [4.78, 5) is 13.9. The Morgan fingerprint density at radius 2 is 2.06 bits per heavy atom. The molecule has 172 valence electrons. The van der Waals surface area contributed by atoms with Crippen molar-refractivity contribution in [2.24, 2.45) is 18.9 Å². The fourth-order valence-electron chi connectivity index (χ4n) is 5.00. The van der Waals surface area contributed by atoms with Gasteiger partial charge in [-0.1, -0.05) is 57.2 Å². The highest BCUT2D eigenvalue weighted by Crippen LogP contribution is 2.40. The van der Waals surface area contributed by atoms with Gasteiger partial charge in [0.25, 0.3) is 0 Å². The van der Waals surface area contributed by atoms with E-state index in [-0.39, 0.29) is 11.7 Å². The molecular weight excluding hydrogens is 438 g/mol. The number of thiophene rings is 1. The number of nitrogens with one attached hydrogen (secondary N) is 1. The summed E-state index contributed by atoms with van der Waals surface area (Å²) in [5.74, 6) is 2.68. The van der Waals surface area contributed by atoms with Gasteiger partial charge in [-0.2, -0.15) is 5.26 Å². The minimum Gasteiger partial charge on any atom is -0.316 e. The van der Waals surface area contributed by atoms with Crippen LogP contribution in [0.25, 0.3) is 0 Å². The Kier molecular flexibility index (Phi) is 7.90. The predicted octanol–water partition coefficient (Wildman–Crippen LogP) is 5.51. The van der Waals surface area contributed by atoms with Crippen molar-refractivity contribution in [2.75, 3.05) is 11.1 Å². The summed E-state index contributed by atoms with van der Waals surface area (Å²) in [6.45, 7) is 2.22. The molecule has 0 radical (unpaired) electrons. The highest BCUT2D eigenvalue weighted by molar-refractivity contribution is 7.99. The van der Waals surface area contributed by atoms with Gasteiger partial charge in [0.05, 0.1) is 11.3 Å². The van der Waals surface area contributed by atoms with E-state index in [1.54, 1.807) is 11.3 Å². The molecule has 2 aromatic heterocycles. The minimum absolute atomic E-state index is 0.0936. The molecule has 0 spiro atoms. The Labute approximate surface area is 199 Å². The van der Waals surface area contributed by atoms with Crippen LogP contribution in [-0.2, 0) is 31.1 Å². The third kappa shape index (κ3) is 5.37. The van der Waals surface area contributed by atoms with Gasteiger partial charge in [0.2, 0.25) is 5.91 Å². The molecule has 0 saturated heterocycles. The third-order valence-electron chi connectivity index (χ3n) is 7.07. The van der Waals surface area contributed by atoms with E-state index in [2.05, 4.69) is 28.5 Å². The van der Waals surface area contributed by atoms with Gasteiger partial charge in [0.15, 0.2) is 5.16 Å². The van der Waals surface area contributed by atoms with Crippen molar-refractivity contribution in [3.63, 3.8) is 0 Å². The van der Waals surface area contributed by atoms with Crippen LogP contribution in [0.2, 0.25) is 0 Å². The maximum atomic E-state index is 12.6. The van der Waals surface area contributed by atoms with Crippen molar-refractivity contribution in [3.05, 3.63) is 21.8 Å². The van der Waals surface area contributed by atoms with Crippen LogP contribution in [0.1, 0.15) is 80.1 Å². The van der Waals surface area contributed by atoms with Gasteiger partial charge in [-0.05, 0) is 43.1 Å². The van der Waals surface area contributed by atoms with Gasteiger partial charge in [0, 0.05) is 18.3 Å². The smallest absolute Gasteiger partial charge is 0.235 e. The maximum Gasteiger partial charge on any atom is 0.235 e. The van der Waals surface area contributed by atoms with Crippen LogP contribution in [0, 0.1) is 23.2 Å². The average Bonchev–Trinajstić information content (AvgIpc) is 3.35. The van der Waals surface area contributed by atoms with Crippen LogP contribution < -0.4 is 5.32 Å². The number of hydrogen-bond acceptors (Lipinski definition) is 6. The SMILES string of the molecule is CCC1CCc2c(sc(NC(=O)CSc3nnc(CCC4CCCCC4)n3C)c2C#N)C1. The summed E-state index contributed by atoms with van der Waals surface area (Å²) >= 11 is 2.99. The summed E-state index contributed by atoms with van der Waals surface area (Å²) in [6, 6.07) is 2.33. The summed E-state index contributed by atoms with van der Waals surface area (Å²) in [7, 11) is 1.99. The fourth-order valence-corrected chi connectivity index (χ4v) is 7.06. The van der Waals surface area contributed by atoms with Crippen LogP contribution in [0.4, 0.5) is 5.00 Å². The number of fused-ring (bicyclic) bond motifs is 1. The van der Waals surface area contributed by atoms with Crippen LogP contribution in [0.15, 0.2) is 5.16 Å². The predicted molar refractivity (Wildman–Crippen MR) is 130 cm³/mol. The molecule has 1 unspecified atom stereocenters. The number of anilines is 1. The van der Waals surface area contributed by atoms with Crippen molar-refractivity contribution in [1.82, 2.24) is 14.8 Å². The number of amides is 1. The van der Waals surface area contributed by atoms with Crippen LogP contribution >= 0.6 is 23.1 Å². The number of rotatable bonds is 8. The van der Waals surface area contributed by atoms with Gasteiger partial charge < -0.3 is 9.88 Å². The normalized spacial score (nSPS) is 18.8. The van der Waals surface area contributed by atoms with Crippen LogP contribution in [0.5, 0.6) is 0 Å². The van der Waals surface area contributed by atoms with E-state index in [0.29, 0.717) is 16.5 Å².